The van der Waals surface area contributed by atoms with Gasteiger partial charge in [-0.3, -0.25) is 4.90 Å². The van der Waals surface area contributed by atoms with Crippen molar-refractivity contribution in [3.05, 3.63) is 40.2 Å². The summed E-state index contributed by atoms with van der Waals surface area (Å²) in [4.78, 5) is 42.2. The standard InChI is InChI=1S/C40H50F5N7O6/c1-22-14-26-24(16-46-52(26)28-10-8-9-13-55-28)29(31(22)40(43,44)45)27-15-25-30(33(53)57-27)32(48-34(47-25)56-21-38(20-49(6)7)18-39(38,41)42)50-17-23-11-12-37(5,19-50)51(23)35(54)58-36(2,3)4/h14,16,23,27-28H,8-13,15,17-21H2,1-7H3/t23-,27?,28?,37-,38-/m1/s1. The number of alkyl halides is 5. The van der Waals surface area contributed by atoms with Crippen molar-refractivity contribution in [1.29, 1.82) is 0 Å². The zero-order chi connectivity index (χ0) is 41.7. The third-order valence-electron chi connectivity index (χ3n) is 12.1. The molecule has 2 unspecified atom stereocenters. The van der Waals surface area contributed by atoms with Gasteiger partial charge in [0.05, 0.1) is 40.0 Å². The summed E-state index contributed by atoms with van der Waals surface area (Å²) in [6.45, 7) is 9.17. The van der Waals surface area contributed by atoms with Crippen molar-refractivity contribution in [2.45, 2.75) is 121 Å². The lowest BCUT2D eigenvalue weighted by Crippen LogP contribution is -2.63. The monoisotopic (exact) mass is 819 g/mol. The van der Waals surface area contributed by atoms with Crippen LogP contribution in [0.3, 0.4) is 0 Å². The number of nitrogens with zero attached hydrogens (tertiary/aromatic N) is 7. The fourth-order valence-electron chi connectivity index (χ4n) is 9.52. The normalized spacial score (nSPS) is 28.2. The first-order chi connectivity index (χ1) is 27.1. The minimum Gasteiger partial charge on any atom is -0.463 e. The minimum atomic E-state index is -4.83. The number of cyclic esters (lactones) is 1. The summed E-state index contributed by atoms with van der Waals surface area (Å²) < 4.78 is 100. The van der Waals surface area contributed by atoms with Crippen molar-refractivity contribution in [2.75, 3.05) is 51.8 Å². The van der Waals surface area contributed by atoms with Crippen LogP contribution in [0.2, 0.25) is 0 Å². The lowest BCUT2D eigenvalue weighted by atomic mass is 9.89. The van der Waals surface area contributed by atoms with Crippen LogP contribution in [0.25, 0.3) is 10.9 Å². The molecule has 1 saturated carbocycles. The number of hydrogen-bond donors (Lipinski definition) is 0. The van der Waals surface area contributed by atoms with Gasteiger partial charge in [-0.2, -0.15) is 28.2 Å². The largest absolute Gasteiger partial charge is 0.463 e. The second kappa shape index (κ2) is 13.9. The maximum absolute atomic E-state index is 15.0. The van der Waals surface area contributed by atoms with Gasteiger partial charge in [0.25, 0.3) is 5.92 Å². The highest BCUT2D eigenvalue weighted by molar-refractivity contribution is 5.98. The number of carbonyl (C=O) groups excluding carboxylic acids is 2. The predicted octanol–water partition coefficient (Wildman–Crippen LogP) is 7.25. The quantitative estimate of drug-likeness (QED) is 0.169. The summed E-state index contributed by atoms with van der Waals surface area (Å²) in [5.41, 5.74) is -3.85. The number of halogens is 5. The Bertz CT molecular complexity index is 2130. The number of aromatic nitrogens is 4. The van der Waals surface area contributed by atoms with E-state index in [1.807, 2.05) is 11.8 Å². The number of anilines is 1. The summed E-state index contributed by atoms with van der Waals surface area (Å²) >= 11 is 0. The molecule has 58 heavy (non-hydrogen) atoms. The van der Waals surface area contributed by atoms with Gasteiger partial charge in [0.2, 0.25) is 0 Å². The van der Waals surface area contributed by atoms with Gasteiger partial charge in [-0.05, 0) is 92.4 Å². The molecule has 4 fully saturated rings. The zero-order valence-electron chi connectivity index (χ0n) is 33.8. The van der Waals surface area contributed by atoms with Crippen LogP contribution in [0, 0.1) is 12.3 Å². The predicted molar refractivity (Wildman–Crippen MR) is 200 cm³/mol. The Labute approximate surface area is 333 Å². The van der Waals surface area contributed by atoms with E-state index in [1.54, 1.807) is 49.3 Å². The van der Waals surface area contributed by atoms with Crippen LogP contribution in [0.15, 0.2) is 12.3 Å². The summed E-state index contributed by atoms with van der Waals surface area (Å²) in [6.07, 6.45) is -2.93. The van der Waals surface area contributed by atoms with E-state index in [4.69, 9.17) is 18.9 Å². The first-order valence-corrected chi connectivity index (χ1v) is 19.8. The molecule has 18 heteroatoms. The Morgan fingerprint density at radius 2 is 1.86 bits per heavy atom. The number of esters is 1. The molecule has 4 aliphatic heterocycles. The summed E-state index contributed by atoms with van der Waals surface area (Å²) in [5.74, 6) is -3.84. The number of hydrogen-bond acceptors (Lipinski definition) is 11. The second-order valence-electron chi connectivity index (χ2n) is 18.2. The lowest BCUT2D eigenvalue weighted by molar-refractivity contribution is -0.139. The molecule has 316 valence electrons. The summed E-state index contributed by atoms with van der Waals surface area (Å²) in [6, 6.07) is 0.812. The number of carbonyl (C=O) groups is 2. The van der Waals surface area contributed by atoms with Crippen LogP contribution in [-0.2, 0) is 26.8 Å². The van der Waals surface area contributed by atoms with Crippen molar-refractivity contribution in [1.82, 2.24) is 29.5 Å². The maximum Gasteiger partial charge on any atom is 0.417 e. The van der Waals surface area contributed by atoms with Crippen molar-refractivity contribution in [3.63, 3.8) is 0 Å². The van der Waals surface area contributed by atoms with Gasteiger partial charge in [-0.15, -0.1) is 0 Å². The number of piperazine rings is 1. The molecule has 3 saturated heterocycles. The molecule has 8 rings (SSSR count). The molecule has 1 amide bonds. The van der Waals surface area contributed by atoms with Crippen molar-refractivity contribution < 1.29 is 50.5 Å². The average Bonchev–Trinajstić information content (AvgIpc) is 3.33. The Morgan fingerprint density at radius 3 is 2.48 bits per heavy atom. The lowest BCUT2D eigenvalue weighted by Gasteiger charge is -2.48. The van der Waals surface area contributed by atoms with Crippen LogP contribution in [0.5, 0.6) is 6.01 Å². The van der Waals surface area contributed by atoms with Gasteiger partial charge >= 0.3 is 24.2 Å². The third-order valence-corrected chi connectivity index (χ3v) is 12.1. The van der Waals surface area contributed by atoms with Crippen molar-refractivity contribution >= 4 is 28.8 Å². The van der Waals surface area contributed by atoms with E-state index >= 15 is 13.2 Å². The Hall–Kier alpha value is -4.32. The molecule has 1 aliphatic carbocycles. The Balaban J connectivity index is 1.21. The number of aryl methyl sites for hydroxylation is 1. The average molecular weight is 820 g/mol. The first-order valence-electron chi connectivity index (χ1n) is 19.8. The molecule has 13 nitrogen and oxygen atoms in total. The molecule has 5 aliphatic rings. The van der Waals surface area contributed by atoms with E-state index < -0.39 is 71.6 Å². The summed E-state index contributed by atoms with van der Waals surface area (Å²) in [5, 5.41) is 4.63. The molecular weight excluding hydrogens is 769 g/mol. The SMILES string of the molecule is Cc1cc2c(cnn2C2CCCCO2)c(C2Cc3nc(OC[C@]4(CN(C)C)CC4(F)F)nc(N4C[C@H]5CC[C@](C)(C4)N5C(=O)OC(C)(C)C)c3C(=O)O2)c1C(F)(F)F. The highest BCUT2D eigenvalue weighted by Gasteiger charge is 2.71. The molecule has 2 aromatic heterocycles. The van der Waals surface area contributed by atoms with E-state index in [2.05, 4.69) is 15.1 Å². The Morgan fingerprint density at radius 1 is 1.12 bits per heavy atom. The molecule has 3 aromatic rings. The highest BCUT2D eigenvalue weighted by Crippen LogP contribution is 2.61. The fourth-order valence-corrected chi connectivity index (χ4v) is 9.52. The molecule has 0 N–H and O–H groups in total. The molecule has 2 bridgehead atoms. The van der Waals surface area contributed by atoms with E-state index in [0.29, 0.717) is 31.4 Å². The smallest absolute Gasteiger partial charge is 0.417 e. The minimum absolute atomic E-state index is 0.0298. The molecule has 0 spiro atoms. The topological polar surface area (TPSA) is 124 Å². The Kier molecular flexibility index (Phi) is 9.68. The van der Waals surface area contributed by atoms with Gasteiger partial charge in [-0.25, -0.2) is 23.1 Å². The van der Waals surface area contributed by atoms with Gasteiger partial charge in [0.1, 0.15) is 23.9 Å². The number of amides is 1. The van der Waals surface area contributed by atoms with E-state index in [-0.39, 0.29) is 71.7 Å². The van der Waals surface area contributed by atoms with Crippen LogP contribution in [0.4, 0.5) is 32.6 Å². The first kappa shape index (κ1) is 40.5. The third kappa shape index (κ3) is 7.11. The van der Waals surface area contributed by atoms with E-state index in [1.165, 1.54) is 19.2 Å². The number of fused-ring (bicyclic) bond motifs is 4. The second-order valence-corrected chi connectivity index (χ2v) is 18.2. The van der Waals surface area contributed by atoms with Crippen LogP contribution < -0.4 is 9.64 Å². The van der Waals surface area contributed by atoms with Crippen LogP contribution in [0.1, 0.15) is 111 Å². The molecule has 0 radical (unpaired) electrons. The number of ether oxygens (including phenoxy) is 4. The van der Waals surface area contributed by atoms with Crippen LogP contribution in [-0.4, -0.2) is 112 Å². The van der Waals surface area contributed by atoms with Gasteiger partial charge in [0, 0.05) is 50.0 Å². The molecule has 6 heterocycles. The van der Waals surface area contributed by atoms with Crippen molar-refractivity contribution in [3.8, 4) is 6.01 Å². The molecule has 5 atom stereocenters. The van der Waals surface area contributed by atoms with E-state index in [0.717, 1.165) is 12.8 Å². The van der Waals surface area contributed by atoms with Gasteiger partial charge in [0.15, 0.2) is 12.0 Å². The number of benzene rings is 1. The van der Waals surface area contributed by atoms with Gasteiger partial charge < -0.3 is 28.7 Å². The van der Waals surface area contributed by atoms with E-state index in [9.17, 15) is 18.4 Å². The fraction of sp³-hybridized carbons (Fsp3) is 0.675. The van der Waals surface area contributed by atoms with Crippen LogP contribution >= 0.6 is 0 Å². The maximum atomic E-state index is 15.0. The molecule has 1 aromatic carbocycles. The van der Waals surface area contributed by atoms with Gasteiger partial charge in [-0.1, -0.05) is 0 Å². The summed E-state index contributed by atoms with van der Waals surface area (Å²) in [7, 11) is 3.37. The molecular formula is C40H50F5N7O6. The highest BCUT2D eigenvalue weighted by atomic mass is 19.4. The van der Waals surface area contributed by atoms with Crippen molar-refractivity contribution in [2.24, 2.45) is 5.41 Å². The zero-order valence-corrected chi connectivity index (χ0v) is 33.8. The number of rotatable bonds is 8.